The van der Waals surface area contributed by atoms with Crippen molar-refractivity contribution in [2.45, 2.75) is 6.92 Å². The lowest BCUT2D eigenvalue weighted by molar-refractivity contribution is 0.103. The van der Waals surface area contributed by atoms with E-state index in [4.69, 9.17) is 4.74 Å². The predicted octanol–water partition coefficient (Wildman–Crippen LogP) is 3.57. The molecule has 2 rings (SSSR count). The average Bonchev–Trinajstić information content (AvgIpc) is 2.74. The molecule has 0 bridgehead atoms. The molecule has 2 aromatic rings. The van der Waals surface area contributed by atoms with Gasteiger partial charge in [-0.3, -0.25) is 4.79 Å². The number of methoxy groups -OCH3 is 1. The van der Waals surface area contributed by atoms with E-state index in [0.29, 0.717) is 11.1 Å². The van der Waals surface area contributed by atoms with Crippen molar-refractivity contribution in [3.05, 3.63) is 51.2 Å². The average molecular weight is 268 g/mol. The normalized spacial score (nSPS) is 10.4. The van der Waals surface area contributed by atoms with Crippen molar-refractivity contribution in [2.75, 3.05) is 7.11 Å². The number of ketones is 1. The first-order valence-electron chi connectivity index (χ1n) is 5.15. The quantitative estimate of drug-likeness (QED) is 0.795. The molecule has 0 spiro atoms. The highest BCUT2D eigenvalue weighted by molar-refractivity contribution is 7.08. The third kappa shape index (κ3) is 2.13. The van der Waals surface area contributed by atoms with Gasteiger partial charge >= 0.3 is 0 Å². The highest BCUT2D eigenvalue weighted by Gasteiger charge is 2.22. The Morgan fingerprint density at radius 3 is 2.28 bits per heavy atom. The number of carbonyl (C=O) groups excluding carboxylic acids is 1. The Morgan fingerprint density at radius 1 is 1.22 bits per heavy atom. The van der Waals surface area contributed by atoms with Gasteiger partial charge < -0.3 is 4.74 Å². The molecule has 0 N–H and O–H groups in total. The summed E-state index contributed by atoms with van der Waals surface area (Å²) in [5, 5.41) is 3.34. The number of halogens is 2. The molecule has 0 aliphatic heterocycles. The Balaban J connectivity index is 2.52. The number of carbonyl (C=O) groups is 1. The lowest BCUT2D eigenvalue weighted by Gasteiger charge is -2.06. The summed E-state index contributed by atoms with van der Waals surface area (Å²) >= 11 is 1.32. The lowest BCUT2D eigenvalue weighted by atomic mass is 10.0. The third-order valence-electron chi connectivity index (χ3n) is 2.58. The zero-order chi connectivity index (χ0) is 13.3. The van der Waals surface area contributed by atoms with Gasteiger partial charge in [-0.15, -0.1) is 0 Å². The van der Waals surface area contributed by atoms with Crippen LogP contribution in [0.3, 0.4) is 0 Å². The molecule has 0 saturated carbocycles. The topological polar surface area (TPSA) is 26.3 Å². The number of aryl methyl sites for hydroxylation is 1. The van der Waals surface area contributed by atoms with Crippen molar-refractivity contribution < 1.29 is 18.3 Å². The minimum Gasteiger partial charge on any atom is -0.497 e. The second-order valence-electron chi connectivity index (χ2n) is 3.76. The molecule has 94 valence electrons. The van der Waals surface area contributed by atoms with Crippen molar-refractivity contribution in [1.82, 2.24) is 0 Å². The van der Waals surface area contributed by atoms with Crippen LogP contribution in [0.15, 0.2) is 22.9 Å². The first kappa shape index (κ1) is 12.7. The number of rotatable bonds is 3. The number of hydrogen-bond donors (Lipinski definition) is 0. The standard InChI is InChI=1S/C13H10F2O2S/c1-7-5-18-6-9(7)13(16)12-10(14)3-8(17-2)4-11(12)15/h3-6H,1-2H3. The Labute approximate surface area is 107 Å². The fourth-order valence-corrected chi connectivity index (χ4v) is 2.44. The summed E-state index contributed by atoms with van der Waals surface area (Å²) in [5.74, 6) is -2.43. The summed E-state index contributed by atoms with van der Waals surface area (Å²) in [7, 11) is 1.30. The fourth-order valence-electron chi connectivity index (χ4n) is 1.61. The van der Waals surface area contributed by atoms with Crippen LogP contribution in [-0.2, 0) is 0 Å². The molecule has 0 atom stereocenters. The maximum Gasteiger partial charge on any atom is 0.200 e. The predicted molar refractivity (Wildman–Crippen MR) is 65.4 cm³/mol. The molecular formula is C13H10F2O2S. The van der Waals surface area contributed by atoms with Crippen molar-refractivity contribution in [2.24, 2.45) is 0 Å². The number of hydrogen-bond acceptors (Lipinski definition) is 3. The van der Waals surface area contributed by atoms with Crippen LogP contribution in [0.1, 0.15) is 21.5 Å². The van der Waals surface area contributed by atoms with Gasteiger partial charge in [-0.05, 0) is 17.9 Å². The van der Waals surface area contributed by atoms with E-state index in [-0.39, 0.29) is 5.75 Å². The molecule has 0 amide bonds. The highest BCUT2D eigenvalue weighted by atomic mass is 32.1. The summed E-state index contributed by atoms with van der Waals surface area (Å²) < 4.78 is 32.2. The summed E-state index contributed by atoms with van der Waals surface area (Å²) in [6, 6.07) is 2.00. The van der Waals surface area contributed by atoms with E-state index in [1.807, 2.05) is 0 Å². The Hall–Kier alpha value is -1.75. The van der Waals surface area contributed by atoms with Gasteiger partial charge in [0.2, 0.25) is 0 Å². The molecule has 1 aromatic heterocycles. The smallest absolute Gasteiger partial charge is 0.200 e. The van der Waals surface area contributed by atoms with Gasteiger partial charge in [-0.1, -0.05) is 0 Å². The SMILES string of the molecule is COc1cc(F)c(C(=O)c2cscc2C)c(F)c1. The number of thiophene rings is 1. The molecule has 0 aliphatic rings. The maximum atomic E-state index is 13.7. The van der Waals surface area contributed by atoms with E-state index < -0.39 is 23.0 Å². The van der Waals surface area contributed by atoms with Crippen LogP contribution in [0.25, 0.3) is 0 Å². The van der Waals surface area contributed by atoms with Crippen LogP contribution in [-0.4, -0.2) is 12.9 Å². The number of ether oxygens (including phenoxy) is 1. The van der Waals surface area contributed by atoms with Crippen molar-refractivity contribution in [3.8, 4) is 5.75 Å². The van der Waals surface area contributed by atoms with Crippen LogP contribution >= 0.6 is 11.3 Å². The molecule has 1 aromatic carbocycles. The van der Waals surface area contributed by atoms with Gasteiger partial charge in [0.15, 0.2) is 5.78 Å². The van der Waals surface area contributed by atoms with Crippen molar-refractivity contribution in [1.29, 1.82) is 0 Å². The van der Waals surface area contributed by atoms with E-state index >= 15 is 0 Å². The van der Waals surface area contributed by atoms with E-state index in [1.54, 1.807) is 17.7 Å². The maximum absolute atomic E-state index is 13.7. The molecule has 0 aliphatic carbocycles. The second kappa shape index (κ2) is 4.86. The van der Waals surface area contributed by atoms with Crippen LogP contribution < -0.4 is 4.74 Å². The molecule has 0 saturated heterocycles. The van der Waals surface area contributed by atoms with Crippen LogP contribution in [0.4, 0.5) is 8.78 Å². The largest absolute Gasteiger partial charge is 0.497 e. The molecule has 0 fully saturated rings. The zero-order valence-electron chi connectivity index (χ0n) is 9.79. The summed E-state index contributed by atoms with van der Waals surface area (Å²) in [5.41, 5.74) is 0.486. The zero-order valence-corrected chi connectivity index (χ0v) is 10.6. The third-order valence-corrected chi connectivity index (χ3v) is 3.44. The van der Waals surface area contributed by atoms with Gasteiger partial charge in [0, 0.05) is 23.1 Å². The number of benzene rings is 1. The Bertz CT molecular complexity index is 582. The van der Waals surface area contributed by atoms with E-state index in [1.165, 1.54) is 18.4 Å². The molecule has 0 unspecified atom stereocenters. The minimum absolute atomic E-state index is 0.0450. The van der Waals surface area contributed by atoms with Crippen LogP contribution in [0, 0.1) is 18.6 Å². The summed E-state index contributed by atoms with van der Waals surface area (Å²) in [4.78, 5) is 12.1. The van der Waals surface area contributed by atoms with Crippen LogP contribution in [0.5, 0.6) is 5.75 Å². The van der Waals surface area contributed by atoms with Gasteiger partial charge in [0.1, 0.15) is 17.4 Å². The fraction of sp³-hybridized carbons (Fsp3) is 0.154. The second-order valence-corrected chi connectivity index (χ2v) is 4.51. The highest BCUT2D eigenvalue weighted by Crippen LogP contribution is 2.25. The van der Waals surface area contributed by atoms with Gasteiger partial charge in [0.05, 0.1) is 12.7 Å². The molecule has 2 nitrogen and oxygen atoms in total. The van der Waals surface area contributed by atoms with Crippen LogP contribution in [0.2, 0.25) is 0 Å². The van der Waals surface area contributed by atoms with Gasteiger partial charge in [0.25, 0.3) is 0 Å². The monoisotopic (exact) mass is 268 g/mol. The molecule has 0 radical (unpaired) electrons. The van der Waals surface area contributed by atoms with Crippen molar-refractivity contribution in [3.63, 3.8) is 0 Å². The van der Waals surface area contributed by atoms with E-state index in [2.05, 4.69) is 0 Å². The first-order chi connectivity index (χ1) is 8.54. The first-order valence-corrected chi connectivity index (χ1v) is 6.09. The summed E-state index contributed by atoms with van der Waals surface area (Å²) in [6.45, 7) is 1.73. The lowest BCUT2D eigenvalue weighted by Crippen LogP contribution is -2.08. The Morgan fingerprint density at radius 2 is 1.83 bits per heavy atom. The van der Waals surface area contributed by atoms with E-state index in [0.717, 1.165) is 12.1 Å². The molecule has 1 heterocycles. The molecule has 18 heavy (non-hydrogen) atoms. The van der Waals surface area contributed by atoms with Gasteiger partial charge in [-0.25, -0.2) is 8.78 Å². The van der Waals surface area contributed by atoms with Gasteiger partial charge in [-0.2, -0.15) is 11.3 Å². The molecule has 5 heteroatoms. The Kier molecular flexibility index (Phi) is 3.43. The minimum atomic E-state index is -0.914. The van der Waals surface area contributed by atoms with Crippen molar-refractivity contribution >= 4 is 17.1 Å². The summed E-state index contributed by atoms with van der Waals surface area (Å²) in [6.07, 6.45) is 0. The molecular weight excluding hydrogens is 258 g/mol. The van der Waals surface area contributed by atoms with E-state index in [9.17, 15) is 13.6 Å².